The van der Waals surface area contributed by atoms with Crippen molar-refractivity contribution in [2.45, 2.75) is 49.7 Å². The molecule has 4 rings (SSSR count). The predicted octanol–water partition coefficient (Wildman–Crippen LogP) is 3.60. The van der Waals surface area contributed by atoms with Crippen LogP contribution < -0.4 is 0 Å². The van der Waals surface area contributed by atoms with Crippen molar-refractivity contribution >= 4 is 17.7 Å². The Balaban J connectivity index is 1.45. The van der Waals surface area contributed by atoms with E-state index in [1.165, 1.54) is 12.8 Å². The van der Waals surface area contributed by atoms with Crippen LogP contribution in [0.15, 0.2) is 28.8 Å². The number of likely N-dealkylation sites (tertiary alicyclic amines) is 1. The van der Waals surface area contributed by atoms with Crippen molar-refractivity contribution in [1.82, 2.24) is 15.0 Å². The van der Waals surface area contributed by atoms with Gasteiger partial charge >= 0.3 is 0 Å². The fourth-order valence-electron chi connectivity index (χ4n) is 3.19. The first kappa shape index (κ1) is 15.7. The SMILES string of the molecule is Cc1ccccc1-c1noc([C@H](C)S[C@H]2CCN(C3CC3)C2=O)n1. The topological polar surface area (TPSA) is 59.2 Å². The lowest BCUT2D eigenvalue weighted by molar-refractivity contribution is -0.127. The third-order valence-electron chi connectivity index (χ3n) is 4.72. The molecule has 1 amide bonds. The van der Waals surface area contributed by atoms with Crippen molar-refractivity contribution in [3.05, 3.63) is 35.7 Å². The van der Waals surface area contributed by atoms with Crippen LogP contribution in [0.25, 0.3) is 11.4 Å². The van der Waals surface area contributed by atoms with Crippen molar-refractivity contribution in [2.75, 3.05) is 6.54 Å². The van der Waals surface area contributed by atoms with E-state index in [4.69, 9.17) is 4.52 Å². The molecule has 1 aromatic carbocycles. The van der Waals surface area contributed by atoms with Crippen LogP contribution in [-0.4, -0.2) is 38.8 Å². The summed E-state index contributed by atoms with van der Waals surface area (Å²) in [6, 6.07) is 8.51. The van der Waals surface area contributed by atoms with Gasteiger partial charge in [-0.25, -0.2) is 0 Å². The number of aromatic nitrogens is 2. The Morgan fingerprint density at radius 1 is 1.29 bits per heavy atom. The lowest BCUT2D eigenvalue weighted by atomic mass is 10.1. The summed E-state index contributed by atoms with van der Waals surface area (Å²) in [4.78, 5) is 19.1. The van der Waals surface area contributed by atoms with Crippen LogP contribution in [0.1, 0.15) is 42.9 Å². The molecule has 1 aromatic heterocycles. The Labute approximate surface area is 145 Å². The second-order valence-corrected chi connectivity index (χ2v) is 8.14. The fraction of sp³-hybridized carbons (Fsp3) is 0.500. The fourth-order valence-corrected chi connectivity index (χ4v) is 4.39. The Kier molecular flexibility index (Phi) is 4.08. The first-order valence-electron chi connectivity index (χ1n) is 8.49. The molecule has 2 atom stereocenters. The monoisotopic (exact) mass is 343 g/mol. The Bertz CT molecular complexity index is 756. The maximum absolute atomic E-state index is 12.5. The summed E-state index contributed by atoms with van der Waals surface area (Å²) >= 11 is 1.64. The summed E-state index contributed by atoms with van der Waals surface area (Å²) in [5, 5.41) is 4.16. The highest BCUT2D eigenvalue weighted by atomic mass is 32.2. The lowest BCUT2D eigenvalue weighted by Crippen LogP contribution is -2.30. The van der Waals surface area contributed by atoms with Gasteiger partial charge in [-0.05, 0) is 38.7 Å². The van der Waals surface area contributed by atoms with Crippen LogP contribution in [0.4, 0.5) is 0 Å². The number of carbonyl (C=O) groups is 1. The zero-order valence-corrected chi connectivity index (χ0v) is 14.8. The zero-order chi connectivity index (χ0) is 16.7. The average molecular weight is 343 g/mol. The standard InChI is InChI=1S/C18H21N3O2S/c1-11-5-3-4-6-14(11)16-19-17(23-20-16)12(2)24-15-9-10-21(18(15)22)13-7-8-13/h3-6,12-13,15H,7-10H2,1-2H3/t12-,15-/m0/s1. The van der Waals surface area contributed by atoms with E-state index in [1.54, 1.807) is 11.8 Å². The minimum absolute atomic E-state index is 0.0170. The van der Waals surface area contributed by atoms with Gasteiger partial charge in [0.25, 0.3) is 0 Å². The molecule has 2 heterocycles. The van der Waals surface area contributed by atoms with E-state index in [1.807, 2.05) is 38.1 Å². The summed E-state index contributed by atoms with van der Waals surface area (Å²) in [6.45, 7) is 4.96. The Morgan fingerprint density at radius 3 is 2.83 bits per heavy atom. The van der Waals surface area contributed by atoms with E-state index in [0.717, 1.165) is 24.1 Å². The van der Waals surface area contributed by atoms with Gasteiger partial charge in [0.2, 0.25) is 17.6 Å². The zero-order valence-electron chi connectivity index (χ0n) is 13.9. The second-order valence-electron chi connectivity index (χ2n) is 6.59. The number of thioether (sulfide) groups is 1. The molecular formula is C18H21N3O2S. The number of amides is 1. The minimum atomic E-state index is 0.0170. The average Bonchev–Trinajstić information content (AvgIpc) is 3.18. The van der Waals surface area contributed by atoms with Crippen LogP contribution >= 0.6 is 11.8 Å². The van der Waals surface area contributed by atoms with Crippen molar-refractivity contribution in [3.63, 3.8) is 0 Å². The van der Waals surface area contributed by atoms with Crippen molar-refractivity contribution in [2.24, 2.45) is 0 Å². The number of carbonyl (C=O) groups excluding carboxylic acids is 1. The first-order chi connectivity index (χ1) is 11.6. The molecule has 1 aliphatic carbocycles. The number of benzene rings is 1. The van der Waals surface area contributed by atoms with Gasteiger partial charge in [0.1, 0.15) is 0 Å². The molecule has 0 radical (unpaired) electrons. The molecule has 5 nitrogen and oxygen atoms in total. The summed E-state index contributed by atoms with van der Waals surface area (Å²) in [6.07, 6.45) is 3.26. The number of hydrogen-bond donors (Lipinski definition) is 0. The van der Waals surface area contributed by atoms with E-state index < -0.39 is 0 Å². The molecule has 2 fully saturated rings. The Hall–Kier alpha value is -1.82. The molecule has 2 aromatic rings. The van der Waals surface area contributed by atoms with E-state index in [9.17, 15) is 4.79 Å². The third-order valence-corrected chi connectivity index (χ3v) is 6.10. The summed E-state index contributed by atoms with van der Waals surface area (Å²) < 4.78 is 5.46. The van der Waals surface area contributed by atoms with Gasteiger partial charge in [0.05, 0.1) is 10.5 Å². The molecule has 0 unspecified atom stereocenters. The highest BCUT2D eigenvalue weighted by Gasteiger charge is 2.41. The lowest BCUT2D eigenvalue weighted by Gasteiger charge is -2.16. The quantitative estimate of drug-likeness (QED) is 0.830. The largest absolute Gasteiger partial charge is 0.339 e. The van der Waals surface area contributed by atoms with Gasteiger partial charge in [-0.15, -0.1) is 11.8 Å². The van der Waals surface area contributed by atoms with Crippen LogP contribution in [0, 0.1) is 6.92 Å². The summed E-state index contributed by atoms with van der Waals surface area (Å²) in [5.41, 5.74) is 2.11. The third kappa shape index (κ3) is 2.95. The van der Waals surface area contributed by atoms with Gasteiger partial charge in [0.15, 0.2) is 0 Å². The molecule has 2 aliphatic rings. The van der Waals surface area contributed by atoms with E-state index >= 15 is 0 Å². The molecule has 126 valence electrons. The van der Waals surface area contributed by atoms with Gasteiger partial charge in [0, 0.05) is 18.2 Å². The van der Waals surface area contributed by atoms with Crippen LogP contribution in [-0.2, 0) is 4.79 Å². The molecule has 0 spiro atoms. The highest BCUT2D eigenvalue weighted by molar-refractivity contribution is 8.00. The molecule has 0 N–H and O–H groups in total. The van der Waals surface area contributed by atoms with Gasteiger partial charge in [-0.3, -0.25) is 4.79 Å². The molecule has 1 aliphatic heterocycles. The highest BCUT2D eigenvalue weighted by Crippen LogP contribution is 2.39. The first-order valence-corrected chi connectivity index (χ1v) is 9.43. The number of rotatable bonds is 5. The smallest absolute Gasteiger partial charge is 0.239 e. The molecular weight excluding hydrogens is 322 g/mol. The van der Waals surface area contributed by atoms with Crippen LogP contribution in [0.5, 0.6) is 0 Å². The molecule has 0 bridgehead atoms. The molecule has 24 heavy (non-hydrogen) atoms. The van der Waals surface area contributed by atoms with E-state index in [2.05, 4.69) is 15.0 Å². The number of nitrogens with zero attached hydrogens (tertiary/aromatic N) is 3. The second kappa shape index (κ2) is 6.24. The maximum Gasteiger partial charge on any atom is 0.239 e. The van der Waals surface area contributed by atoms with E-state index in [-0.39, 0.29) is 16.4 Å². The Morgan fingerprint density at radius 2 is 2.08 bits per heavy atom. The van der Waals surface area contributed by atoms with E-state index in [0.29, 0.717) is 17.8 Å². The van der Waals surface area contributed by atoms with Crippen molar-refractivity contribution in [1.29, 1.82) is 0 Å². The number of aryl methyl sites for hydroxylation is 1. The molecule has 1 saturated heterocycles. The van der Waals surface area contributed by atoms with Crippen molar-refractivity contribution in [3.8, 4) is 11.4 Å². The van der Waals surface area contributed by atoms with Gasteiger partial charge in [-0.2, -0.15) is 4.98 Å². The van der Waals surface area contributed by atoms with Crippen LogP contribution in [0.2, 0.25) is 0 Å². The summed E-state index contributed by atoms with van der Waals surface area (Å²) in [7, 11) is 0. The van der Waals surface area contributed by atoms with Crippen molar-refractivity contribution < 1.29 is 9.32 Å². The minimum Gasteiger partial charge on any atom is -0.339 e. The summed E-state index contributed by atoms with van der Waals surface area (Å²) in [5.74, 6) is 1.50. The molecule has 1 saturated carbocycles. The van der Waals surface area contributed by atoms with Gasteiger partial charge in [-0.1, -0.05) is 29.4 Å². The maximum atomic E-state index is 12.5. The molecule has 6 heteroatoms. The number of hydrogen-bond acceptors (Lipinski definition) is 5. The normalized spacial score (nSPS) is 22.2. The van der Waals surface area contributed by atoms with Crippen LogP contribution in [0.3, 0.4) is 0 Å². The van der Waals surface area contributed by atoms with Gasteiger partial charge < -0.3 is 9.42 Å². The predicted molar refractivity (Wildman–Crippen MR) is 93.6 cm³/mol.